The molecule has 9 atom stereocenters. The summed E-state index contributed by atoms with van der Waals surface area (Å²) in [5.41, 5.74) is -5.71. The number of hydrogen-bond acceptors (Lipinski definition) is 8. The monoisotopic (exact) mass is 468 g/mol. The number of furan rings is 1. The van der Waals surface area contributed by atoms with Crippen LogP contribution in [0.2, 0.25) is 0 Å². The number of epoxide rings is 1. The Hall–Kier alpha value is -2.29. The van der Waals surface area contributed by atoms with E-state index in [9.17, 15) is 19.5 Å². The SMILES string of the molecule is CC1(C)OC[C@]23C=CC(=O)[C@]12C(=O)[C@H](O)[C@]1(C)[C@@H]3CC[C@]2(C)[C@H](c3ccoc3)OC(=O)[C@H]3O[C@]312. The van der Waals surface area contributed by atoms with Crippen LogP contribution in [0.15, 0.2) is 35.2 Å². The molecule has 1 spiro atoms. The molecule has 2 saturated carbocycles. The van der Waals surface area contributed by atoms with Gasteiger partial charge in [0.25, 0.3) is 0 Å². The van der Waals surface area contributed by atoms with Gasteiger partial charge in [0.15, 0.2) is 17.7 Å². The van der Waals surface area contributed by atoms with Crippen LogP contribution in [0.3, 0.4) is 0 Å². The lowest BCUT2D eigenvalue weighted by Crippen LogP contribution is -2.77. The van der Waals surface area contributed by atoms with Crippen LogP contribution in [0, 0.1) is 27.6 Å². The first-order valence-corrected chi connectivity index (χ1v) is 12.0. The van der Waals surface area contributed by atoms with Crippen molar-refractivity contribution >= 4 is 17.5 Å². The molecule has 3 aliphatic carbocycles. The normalized spacial score (nSPS) is 54.0. The summed E-state index contributed by atoms with van der Waals surface area (Å²) >= 11 is 0. The molecule has 0 amide bonds. The van der Waals surface area contributed by atoms with E-state index in [-0.39, 0.29) is 18.3 Å². The molecule has 3 saturated heterocycles. The van der Waals surface area contributed by atoms with Gasteiger partial charge in [0.2, 0.25) is 0 Å². The highest BCUT2D eigenvalue weighted by Gasteiger charge is 2.92. The molecule has 1 aromatic rings. The summed E-state index contributed by atoms with van der Waals surface area (Å²) in [6, 6.07) is 1.77. The third kappa shape index (κ3) is 1.68. The van der Waals surface area contributed by atoms with Gasteiger partial charge in [-0.15, -0.1) is 0 Å². The zero-order valence-corrected chi connectivity index (χ0v) is 19.6. The maximum atomic E-state index is 14.2. The van der Waals surface area contributed by atoms with Crippen molar-refractivity contribution in [1.82, 2.24) is 0 Å². The molecule has 5 fully saturated rings. The molecule has 3 aliphatic heterocycles. The average Bonchev–Trinajstić information content (AvgIpc) is 3.08. The molecular weight excluding hydrogens is 440 g/mol. The number of fused-ring (bicyclic) bond motifs is 1. The molecular formula is C26H28O8. The number of rotatable bonds is 1. The van der Waals surface area contributed by atoms with Gasteiger partial charge < -0.3 is 23.7 Å². The number of Topliss-reactive ketones (excluding diaryl/α,β-unsaturated/α-hetero) is 1. The largest absolute Gasteiger partial charge is 0.472 e. The first-order valence-electron chi connectivity index (χ1n) is 12.0. The molecule has 0 aromatic carbocycles. The zero-order valence-electron chi connectivity index (χ0n) is 19.6. The quantitative estimate of drug-likeness (QED) is 0.379. The van der Waals surface area contributed by atoms with Crippen molar-refractivity contribution in [3.63, 3.8) is 0 Å². The van der Waals surface area contributed by atoms with Gasteiger partial charge in [0, 0.05) is 21.8 Å². The number of aliphatic hydroxyl groups is 1. The standard InChI is InChI=1S/C26H28O8/c1-21(2)25-15(27)6-9-24(25,12-32-21)14-5-8-22(3)18(13-7-10-31-11-13)33-20(30)19-26(22,34-19)23(14,4)16(28)17(25)29/h6-7,9-11,14,16,18-19,28H,5,8,12H2,1-4H3/t14-,16-,18-,19+,22+,23-,24-,25-,26-/m0/s1. The van der Waals surface area contributed by atoms with E-state index >= 15 is 0 Å². The van der Waals surface area contributed by atoms with Crippen LogP contribution >= 0.6 is 0 Å². The van der Waals surface area contributed by atoms with Crippen molar-refractivity contribution in [2.45, 2.75) is 70.1 Å². The van der Waals surface area contributed by atoms with Crippen LogP contribution in [-0.4, -0.2) is 52.7 Å². The van der Waals surface area contributed by atoms with E-state index < -0.39 is 62.9 Å². The van der Waals surface area contributed by atoms with E-state index in [4.69, 9.17) is 18.6 Å². The van der Waals surface area contributed by atoms with Crippen LogP contribution in [0.25, 0.3) is 0 Å². The predicted molar refractivity (Wildman–Crippen MR) is 114 cm³/mol. The lowest BCUT2D eigenvalue weighted by Gasteiger charge is -2.66. The van der Waals surface area contributed by atoms with Crippen molar-refractivity contribution in [1.29, 1.82) is 0 Å². The molecule has 34 heavy (non-hydrogen) atoms. The van der Waals surface area contributed by atoms with Gasteiger partial charge in [-0.25, -0.2) is 4.79 Å². The minimum atomic E-state index is -1.50. The molecule has 8 heteroatoms. The summed E-state index contributed by atoms with van der Waals surface area (Å²) in [6.07, 6.45) is 4.65. The molecule has 0 bridgehead atoms. The van der Waals surface area contributed by atoms with Gasteiger partial charge in [-0.1, -0.05) is 19.9 Å². The van der Waals surface area contributed by atoms with E-state index in [1.54, 1.807) is 26.2 Å². The van der Waals surface area contributed by atoms with Gasteiger partial charge in [0.1, 0.15) is 23.2 Å². The Balaban J connectivity index is 1.47. The van der Waals surface area contributed by atoms with Crippen LogP contribution in [0.5, 0.6) is 0 Å². The molecule has 7 rings (SSSR count). The van der Waals surface area contributed by atoms with Crippen LogP contribution < -0.4 is 0 Å². The second-order valence-corrected chi connectivity index (χ2v) is 12.0. The van der Waals surface area contributed by atoms with Gasteiger partial charge in [-0.2, -0.15) is 0 Å². The fourth-order valence-corrected chi connectivity index (χ4v) is 9.42. The predicted octanol–water partition coefficient (Wildman–Crippen LogP) is 2.30. The van der Waals surface area contributed by atoms with Crippen LogP contribution in [-0.2, 0) is 28.6 Å². The lowest BCUT2D eigenvalue weighted by atomic mass is 9.34. The fourth-order valence-electron chi connectivity index (χ4n) is 9.42. The Labute approximate surface area is 196 Å². The van der Waals surface area contributed by atoms with Crippen molar-refractivity contribution in [3.05, 3.63) is 36.3 Å². The molecule has 8 nitrogen and oxygen atoms in total. The van der Waals surface area contributed by atoms with Crippen molar-refractivity contribution in [2.75, 3.05) is 6.61 Å². The van der Waals surface area contributed by atoms with Gasteiger partial charge in [0.05, 0.1) is 24.7 Å². The second-order valence-electron chi connectivity index (χ2n) is 12.0. The Morgan fingerprint density at radius 2 is 1.85 bits per heavy atom. The Bertz CT molecular complexity index is 1200. The number of aliphatic hydroxyl groups excluding tert-OH is 1. The van der Waals surface area contributed by atoms with Gasteiger partial charge in [-0.3, -0.25) is 9.59 Å². The third-order valence-electron chi connectivity index (χ3n) is 10.8. The van der Waals surface area contributed by atoms with E-state index in [1.807, 2.05) is 19.9 Å². The maximum absolute atomic E-state index is 14.2. The maximum Gasteiger partial charge on any atom is 0.339 e. The Morgan fingerprint density at radius 1 is 1.09 bits per heavy atom. The molecule has 0 unspecified atom stereocenters. The number of cyclic esters (lactones) is 1. The number of ether oxygens (including phenoxy) is 3. The number of ketones is 2. The van der Waals surface area contributed by atoms with Crippen molar-refractivity contribution < 1.29 is 38.1 Å². The van der Waals surface area contributed by atoms with E-state index in [0.717, 1.165) is 5.56 Å². The Morgan fingerprint density at radius 3 is 2.56 bits per heavy atom. The number of hydrogen-bond donors (Lipinski definition) is 1. The van der Waals surface area contributed by atoms with E-state index in [2.05, 4.69) is 0 Å². The molecule has 0 radical (unpaired) electrons. The average molecular weight is 469 g/mol. The first kappa shape index (κ1) is 21.0. The topological polar surface area (TPSA) is 116 Å². The summed E-state index contributed by atoms with van der Waals surface area (Å²) in [4.78, 5) is 40.8. The molecule has 6 aliphatic rings. The Kier molecular flexibility index (Phi) is 3.45. The molecule has 1 N–H and O–H groups in total. The fraction of sp³-hybridized carbons (Fsp3) is 0.654. The van der Waals surface area contributed by atoms with Crippen molar-refractivity contribution in [2.24, 2.45) is 27.6 Å². The van der Waals surface area contributed by atoms with Gasteiger partial charge >= 0.3 is 5.97 Å². The second kappa shape index (κ2) is 5.58. The summed E-state index contributed by atoms with van der Waals surface area (Å²) < 4.78 is 23.7. The van der Waals surface area contributed by atoms with Crippen molar-refractivity contribution in [3.8, 4) is 0 Å². The highest BCUT2D eigenvalue weighted by Crippen LogP contribution is 2.81. The van der Waals surface area contributed by atoms with E-state index in [0.29, 0.717) is 12.8 Å². The highest BCUT2D eigenvalue weighted by atomic mass is 16.7. The summed E-state index contributed by atoms with van der Waals surface area (Å²) in [5, 5.41) is 11.9. The lowest BCUT2D eigenvalue weighted by molar-refractivity contribution is -0.239. The molecule has 1 aromatic heterocycles. The van der Waals surface area contributed by atoms with Crippen LogP contribution in [0.1, 0.15) is 52.2 Å². The molecule has 4 heterocycles. The smallest absolute Gasteiger partial charge is 0.339 e. The van der Waals surface area contributed by atoms with E-state index in [1.165, 1.54) is 12.3 Å². The van der Waals surface area contributed by atoms with Gasteiger partial charge in [-0.05, 0) is 44.7 Å². The summed E-state index contributed by atoms with van der Waals surface area (Å²) in [5.74, 6) is -1.65. The number of carbonyl (C=O) groups is 3. The highest BCUT2D eigenvalue weighted by molar-refractivity contribution is 6.18. The third-order valence-corrected chi connectivity index (χ3v) is 10.8. The minimum Gasteiger partial charge on any atom is -0.472 e. The summed E-state index contributed by atoms with van der Waals surface area (Å²) in [6.45, 7) is 7.61. The number of allylic oxidation sites excluding steroid dienone is 1. The number of esters is 1. The number of carbonyl (C=O) groups excluding carboxylic acids is 3. The summed E-state index contributed by atoms with van der Waals surface area (Å²) in [7, 11) is 0. The molecule has 180 valence electrons. The minimum absolute atomic E-state index is 0.202. The first-order chi connectivity index (χ1) is 16.0. The zero-order chi connectivity index (χ0) is 24.1. The van der Waals surface area contributed by atoms with Crippen LogP contribution in [0.4, 0.5) is 0 Å².